The Hall–Kier alpha value is -2.26. The number of Topliss-reactive ketones (excluding diaryl/α,β-unsaturated/α-hetero) is 1. The molecule has 0 bridgehead atoms. The van der Waals surface area contributed by atoms with E-state index in [4.69, 9.17) is 9.47 Å². The van der Waals surface area contributed by atoms with E-state index in [0.717, 1.165) is 24.8 Å². The van der Waals surface area contributed by atoms with Crippen LogP contribution in [0.3, 0.4) is 0 Å². The number of rotatable bonds is 7. The van der Waals surface area contributed by atoms with E-state index in [9.17, 15) is 29.4 Å². The molecule has 4 aliphatic rings. The van der Waals surface area contributed by atoms with Gasteiger partial charge >= 0.3 is 12.1 Å². The molecule has 0 spiro atoms. The molecule has 0 aromatic heterocycles. The normalized spacial score (nSPS) is 37.6. The van der Waals surface area contributed by atoms with Crippen LogP contribution in [0.1, 0.15) is 92.4 Å². The molecule has 4 rings (SSSR count). The van der Waals surface area contributed by atoms with E-state index in [1.54, 1.807) is 26.8 Å². The van der Waals surface area contributed by atoms with Crippen LogP contribution in [0.5, 0.6) is 0 Å². The quantitative estimate of drug-likeness (QED) is 0.324. The number of nitrogens with one attached hydrogen (secondary N) is 1. The molecule has 9 heteroatoms. The first kappa shape index (κ1) is 29.7. The summed E-state index contributed by atoms with van der Waals surface area (Å²) in [5.74, 6) is -0.738. The van der Waals surface area contributed by atoms with Crippen LogP contribution in [0.15, 0.2) is 11.6 Å². The van der Waals surface area contributed by atoms with Gasteiger partial charge in [-0.25, -0.2) is 4.79 Å². The van der Waals surface area contributed by atoms with Gasteiger partial charge in [0.05, 0.1) is 6.10 Å². The molecule has 218 valence electrons. The van der Waals surface area contributed by atoms with Gasteiger partial charge in [0.2, 0.25) is 5.78 Å². The zero-order valence-electron chi connectivity index (χ0n) is 24.0. The van der Waals surface area contributed by atoms with Crippen molar-refractivity contribution in [3.63, 3.8) is 0 Å². The molecule has 0 radical (unpaired) electrons. The van der Waals surface area contributed by atoms with E-state index in [1.807, 2.05) is 6.92 Å². The lowest BCUT2D eigenvalue weighted by Crippen LogP contribution is -2.62. The molecule has 3 saturated carbocycles. The second kappa shape index (κ2) is 10.6. The number of hydrogen-bond acceptors (Lipinski definition) is 8. The average molecular weight is 548 g/mol. The summed E-state index contributed by atoms with van der Waals surface area (Å²) in [4.78, 5) is 49.4. The van der Waals surface area contributed by atoms with E-state index < -0.39 is 47.2 Å². The first-order valence-corrected chi connectivity index (χ1v) is 14.4. The van der Waals surface area contributed by atoms with Crippen molar-refractivity contribution < 1.29 is 38.9 Å². The number of allylic oxidation sites excluding steroid dienone is 1. The maximum Gasteiger partial charge on any atom is 0.407 e. The number of ether oxygens (including phenoxy) is 2. The zero-order chi connectivity index (χ0) is 28.8. The van der Waals surface area contributed by atoms with Crippen LogP contribution in [0.4, 0.5) is 4.79 Å². The third-order valence-electron chi connectivity index (χ3n) is 10.1. The molecule has 1 amide bonds. The van der Waals surface area contributed by atoms with Gasteiger partial charge in [-0.1, -0.05) is 19.4 Å². The smallest absolute Gasteiger partial charge is 0.407 e. The molecule has 0 aromatic rings. The molecule has 7 atom stereocenters. The summed E-state index contributed by atoms with van der Waals surface area (Å²) in [6.07, 6.45) is 4.95. The summed E-state index contributed by atoms with van der Waals surface area (Å²) in [5, 5.41) is 25.8. The van der Waals surface area contributed by atoms with Crippen molar-refractivity contribution in [1.82, 2.24) is 5.32 Å². The Morgan fingerprint density at radius 1 is 1.13 bits per heavy atom. The van der Waals surface area contributed by atoms with Crippen LogP contribution >= 0.6 is 0 Å². The Balaban J connectivity index is 1.34. The second-order valence-corrected chi connectivity index (χ2v) is 13.6. The van der Waals surface area contributed by atoms with Crippen LogP contribution < -0.4 is 5.32 Å². The van der Waals surface area contributed by atoms with E-state index in [2.05, 4.69) is 12.2 Å². The summed E-state index contributed by atoms with van der Waals surface area (Å²) in [6.45, 7) is 9.07. The van der Waals surface area contributed by atoms with Crippen molar-refractivity contribution in [2.75, 3.05) is 13.2 Å². The van der Waals surface area contributed by atoms with E-state index in [-0.39, 0.29) is 48.3 Å². The number of esters is 1. The lowest BCUT2D eigenvalue weighted by Gasteiger charge is -2.60. The third-order valence-corrected chi connectivity index (χ3v) is 10.1. The number of aliphatic hydroxyl groups is 2. The number of aliphatic hydroxyl groups excluding tert-OH is 1. The first-order chi connectivity index (χ1) is 18.1. The molecule has 39 heavy (non-hydrogen) atoms. The monoisotopic (exact) mass is 547 g/mol. The maximum atomic E-state index is 13.3. The molecule has 3 fully saturated rings. The Kier molecular flexibility index (Phi) is 8.09. The predicted octanol–water partition coefficient (Wildman–Crippen LogP) is 3.64. The van der Waals surface area contributed by atoms with Gasteiger partial charge in [0.15, 0.2) is 12.4 Å². The van der Waals surface area contributed by atoms with Gasteiger partial charge in [-0.15, -0.1) is 0 Å². The van der Waals surface area contributed by atoms with E-state index in [0.29, 0.717) is 25.7 Å². The van der Waals surface area contributed by atoms with Crippen molar-refractivity contribution in [1.29, 1.82) is 0 Å². The molecule has 4 aliphatic carbocycles. The lowest BCUT2D eigenvalue weighted by atomic mass is 9.45. The summed E-state index contributed by atoms with van der Waals surface area (Å²) in [6, 6.07) is 0. The van der Waals surface area contributed by atoms with Gasteiger partial charge in [-0.05, 0) is 95.0 Å². The standard InChI is InChI=1S/C30H45NO8/c1-27(2,3)39-26(36)31-14-6-7-24(35)38-17-23(34)30(37)13-11-21-20-9-8-18-15-19(32)10-12-28(18,4)25(20)22(33)16-29(21,30)5/h15,20-22,25,33,37H,6-14,16-17H2,1-5H3,(H,31,36)/t20-,21-,22-,25+,28-,29-,30-/m0/s1. The van der Waals surface area contributed by atoms with Gasteiger partial charge in [0, 0.05) is 24.8 Å². The topological polar surface area (TPSA) is 139 Å². The molecule has 0 saturated heterocycles. The van der Waals surface area contributed by atoms with Gasteiger partial charge in [0.25, 0.3) is 0 Å². The molecular weight excluding hydrogens is 502 g/mol. The number of hydrogen-bond donors (Lipinski definition) is 3. The fourth-order valence-corrected chi connectivity index (χ4v) is 8.23. The van der Waals surface area contributed by atoms with Crippen molar-refractivity contribution in [3.05, 3.63) is 11.6 Å². The Labute approximate surface area is 231 Å². The number of carbonyl (C=O) groups is 4. The Bertz CT molecular complexity index is 1050. The molecule has 0 aliphatic heterocycles. The Morgan fingerprint density at radius 3 is 2.54 bits per heavy atom. The highest BCUT2D eigenvalue weighted by atomic mass is 16.6. The van der Waals surface area contributed by atoms with Gasteiger partial charge in [-0.3, -0.25) is 14.4 Å². The van der Waals surface area contributed by atoms with Crippen LogP contribution in [0.2, 0.25) is 0 Å². The van der Waals surface area contributed by atoms with Crippen molar-refractivity contribution >= 4 is 23.6 Å². The minimum Gasteiger partial charge on any atom is -0.458 e. The zero-order valence-corrected chi connectivity index (χ0v) is 24.0. The second-order valence-electron chi connectivity index (χ2n) is 13.6. The Morgan fingerprint density at radius 2 is 1.85 bits per heavy atom. The first-order valence-electron chi connectivity index (χ1n) is 14.4. The molecule has 3 N–H and O–H groups in total. The number of fused-ring (bicyclic) bond motifs is 5. The summed E-state index contributed by atoms with van der Waals surface area (Å²) >= 11 is 0. The molecular formula is C30H45NO8. The number of amides is 1. The highest BCUT2D eigenvalue weighted by Gasteiger charge is 2.68. The van der Waals surface area contributed by atoms with E-state index >= 15 is 0 Å². The molecule has 0 heterocycles. The summed E-state index contributed by atoms with van der Waals surface area (Å²) in [7, 11) is 0. The van der Waals surface area contributed by atoms with Crippen molar-refractivity contribution in [2.24, 2.45) is 28.6 Å². The number of carbonyl (C=O) groups excluding carboxylic acids is 4. The highest BCUT2D eigenvalue weighted by Crippen LogP contribution is 2.67. The minimum atomic E-state index is -1.68. The van der Waals surface area contributed by atoms with Crippen LogP contribution in [-0.2, 0) is 23.9 Å². The van der Waals surface area contributed by atoms with Gasteiger partial charge in [0.1, 0.15) is 11.2 Å². The lowest BCUT2D eigenvalue weighted by molar-refractivity contribution is -0.184. The van der Waals surface area contributed by atoms with Gasteiger partial charge < -0.3 is 25.0 Å². The van der Waals surface area contributed by atoms with E-state index in [1.165, 1.54) is 0 Å². The molecule has 0 unspecified atom stereocenters. The largest absolute Gasteiger partial charge is 0.458 e. The predicted molar refractivity (Wildman–Crippen MR) is 142 cm³/mol. The molecule has 0 aromatic carbocycles. The van der Waals surface area contributed by atoms with Crippen LogP contribution in [0.25, 0.3) is 0 Å². The highest BCUT2D eigenvalue weighted by molar-refractivity contribution is 5.92. The fraction of sp³-hybridized carbons (Fsp3) is 0.800. The van der Waals surface area contributed by atoms with Crippen LogP contribution in [0, 0.1) is 28.6 Å². The summed E-state index contributed by atoms with van der Waals surface area (Å²) < 4.78 is 10.4. The summed E-state index contributed by atoms with van der Waals surface area (Å²) in [5.41, 5.74) is -2.21. The maximum absolute atomic E-state index is 13.3. The fourth-order valence-electron chi connectivity index (χ4n) is 8.23. The van der Waals surface area contributed by atoms with Crippen molar-refractivity contribution in [3.8, 4) is 0 Å². The van der Waals surface area contributed by atoms with Gasteiger partial charge in [-0.2, -0.15) is 0 Å². The minimum absolute atomic E-state index is 0.00626. The number of alkyl carbamates (subject to hydrolysis) is 1. The number of ketones is 2. The van der Waals surface area contributed by atoms with Crippen LogP contribution in [-0.4, -0.2) is 64.3 Å². The molecule has 9 nitrogen and oxygen atoms in total. The SMILES string of the molecule is CC(C)(C)OC(=O)NCCCC(=O)OCC(=O)[C@@]1(O)CC[C@H]2[C@@H]3CCC4=CC(=O)CC[C@]4(C)[C@H]3[C@@H](O)C[C@@]21C. The van der Waals surface area contributed by atoms with Crippen molar-refractivity contribution in [2.45, 2.75) is 110 Å². The third kappa shape index (κ3) is 5.53. The average Bonchev–Trinajstić information content (AvgIpc) is 3.10.